The minimum atomic E-state index is -0.747. The molecule has 1 heterocycles. The van der Waals surface area contributed by atoms with Gasteiger partial charge in [-0.1, -0.05) is 11.8 Å². The molecule has 2 rings (SSSR count). The average molecular weight is 525 g/mol. The standard InChI is InChI=1S/C23H29BrN2O5S/c1-16-11-19(13-17-12-18(24)14-25-20(16)17)31-22(32-5)21(27)26-23(2,3)7-6-8-29-15-30-10-9-28-4/h11-14,22H,8-10,15H2,1-5H3,(H,26,27). The minimum Gasteiger partial charge on any atom is -0.470 e. The molecule has 0 saturated carbocycles. The number of benzene rings is 1. The summed E-state index contributed by atoms with van der Waals surface area (Å²) in [5.74, 6) is 6.26. The van der Waals surface area contributed by atoms with E-state index >= 15 is 0 Å². The number of halogens is 1. The van der Waals surface area contributed by atoms with E-state index in [9.17, 15) is 4.79 Å². The van der Waals surface area contributed by atoms with Crippen LogP contribution >= 0.6 is 27.7 Å². The number of amides is 1. The fourth-order valence-corrected chi connectivity index (χ4v) is 3.61. The highest BCUT2D eigenvalue weighted by Crippen LogP contribution is 2.27. The Kier molecular flexibility index (Phi) is 10.7. The number of aromatic nitrogens is 1. The maximum absolute atomic E-state index is 12.8. The number of aryl methyl sites for hydroxylation is 1. The predicted molar refractivity (Wildman–Crippen MR) is 131 cm³/mol. The van der Waals surface area contributed by atoms with Crippen molar-refractivity contribution < 1.29 is 23.7 Å². The van der Waals surface area contributed by atoms with Gasteiger partial charge in [-0.3, -0.25) is 9.78 Å². The average Bonchev–Trinajstić information content (AvgIpc) is 2.73. The molecule has 0 aliphatic heterocycles. The van der Waals surface area contributed by atoms with Crippen LogP contribution < -0.4 is 10.1 Å². The lowest BCUT2D eigenvalue weighted by Gasteiger charge is -2.24. The summed E-state index contributed by atoms with van der Waals surface area (Å²) < 4.78 is 22.2. The van der Waals surface area contributed by atoms with Crippen molar-refractivity contribution in [2.24, 2.45) is 0 Å². The van der Waals surface area contributed by atoms with Crippen molar-refractivity contribution in [3.8, 4) is 17.6 Å². The summed E-state index contributed by atoms with van der Waals surface area (Å²) in [6, 6.07) is 5.74. The number of nitrogens with zero attached hydrogens (tertiary/aromatic N) is 1. The second-order valence-electron chi connectivity index (χ2n) is 7.43. The van der Waals surface area contributed by atoms with Crippen molar-refractivity contribution in [3.63, 3.8) is 0 Å². The van der Waals surface area contributed by atoms with Crippen LogP contribution in [0.4, 0.5) is 0 Å². The molecule has 0 aliphatic carbocycles. The van der Waals surface area contributed by atoms with Crippen molar-refractivity contribution in [1.29, 1.82) is 0 Å². The van der Waals surface area contributed by atoms with E-state index in [2.05, 4.69) is 38.1 Å². The first-order valence-corrected chi connectivity index (χ1v) is 12.1. The molecule has 0 bridgehead atoms. The predicted octanol–water partition coefficient (Wildman–Crippen LogP) is 3.91. The van der Waals surface area contributed by atoms with Gasteiger partial charge in [0.25, 0.3) is 5.91 Å². The number of pyridine rings is 1. The van der Waals surface area contributed by atoms with Crippen LogP contribution in [-0.2, 0) is 19.0 Å². The van der Waals surface area contributed by atoms with E-state index in [0.717, 1.165) is 20.9 Å². The highest BCUT2D eigenvalue weighted by atomic mass is 79.9. The summed E-state index contributed by atoms with van der Waals surface area (Å²) in [6.07, 6.45) is 3.59. The third-order valence-electron chi connectivity index (χ3n) is 4.19. The fourth-order valence-electron chi connectivity index (χ4n) is 2.78. The summed E-state index contributed by atoms with van der Waals surface area (Å²) in [4.78, 5) is 17.3. The summed E-state index contributed by atoms with van der Waals surface area (Å²) in [5, 5.41) is 3.86. The number of thioether (sulfide) groups is 1. The number of methoxy groups -OCH3 is 1. The van der Waals surface area contributed by atoms with Gasteiger partial charge >= 0.3 is 0 Å². The van der Waals surface area contributed by atoms with Gasteiger partial charge in [-0.25, -0.2) is 0 Å². The first-order chi connectivity index (χ1) is 15.3. The Morgan fingerprint density at radius 3 is 2.78 bits per heavy atom. The zero-order valence-electron chi connectivity index (χ0n) is 19.0. The monoisotopic (exact) mass is 524 g/mol. The van der Waals surface area contributed by atoms with Crippen molar-refractivity contribution >= 4 is 44.5 Å². The molecule has 9 heteroatoms. The molecular weight excluding hydrogens is 496 g/mol. The first-order valence-electron chi connectivity index (χ1n) is 9.97. The van der Waals surface area contributed by atoms with Gasteiger partial charge in [0.15, 0.2) is 0 Å². The molecule has 2 aromatic rings. The van der Waals surface area contributed by atoms with Gasteiger partial charge in [0, 0.05) is 23.2 Å². The molecule has 1 aromatic carbocycles. The molecule has 0 fully saturated rings. The van der Waals surface area contributed by atoms with Gasteiger partial charge in [0.2, 0.25) is 5.44 Å². The third kappa shape index (κ3) is 8.60. The Bertz CT molecular complexity index is 974. The van der Waals surface area contributed by atoms with E-state index in [1.54, 1.807) is 13.3 Å². The van der Waals surface area contributed by atoms with Crippen LogP contribution in [0.5, 0.6) is 5.75 Å². The lowest BCUT2D eigenvalue weighted by atomic mass is 10.1. The summed E-state index contributed by atoms with van der Waals surface area (Å²) in [7, 11) is 1.61. The van der Waals surface area contributed by atoms with E-state index in [1.807, 2.05) is 45.2 Å². The SMILES string of the molecule is COCCOCOCC#CC(C)(C)NC(=O)C(Oc1cc(C)c2ncc(Br)cc2c1)SC. The van der Waals surface area contributed by atoms with E-state index in [-0.39, 0.29) is 19.3 Å². The van der Waals surface area contributed by atoms with Gasteiger partial charge in [-0.2, -0.15) is 0 Å². The Morgan fingerprint density at radius 1 is 1.28 bits per heavy atom. The van der Waals surface area contributed by atoms with Crippen molar-refractivity contribution in [1.82, 2.24) is 10.3 Å². The van der Waals surface area contributed by atoms with Crippen molar-refractivity contribution in [3.05, 3.63) is 34.4 Å². The number of hydrogen-bond acceptors (Lipinski definition) is 7. The molecule has 0 spiro atoms. The molecule has 7 nitrogen and oxygen atoms in total. The lowest BCUT2D eigenvalue weighted by Crippen LogP contribution is -2.47. The molecule has 1 N–H and O–H groups in total. The molecule has 0 aliphatic rings. The number of fused-ring (bicyclic) bond motifs is 1. The van der Waals surface area contributed by atoms with Crippen LogP contribution in [0, 0.1) is 18.8 Å². The summed E-state index contributed by atoms with van der Waals surface area (Å²) >= 11 is 4.75. The Morgan fingerprint density at radius 2 is 2.06 bits per heavy atom. The van der Waals surface area contributed by atoms with E-state index in [4.69, 9.17) is 18.9 Å². The second kappa shape index (κ2) is 13.0. The first kappa shape index (κ1) is 26.4. The van der Waals surface area contributed by atoms with Crippen LogP contribution in [0.15, 0.2) is 28.9 Å². The molecular formula is C23H29BrN2O5S. The molecule has 1 aromatic heterocycles. The Hall–Kier alpha value is -1.83. The van der Waals surface area contributed by atoms with Crippen LogP contribution in [0.2, 0.25) is 0 Å². The summed E-state index contributed by atoms with van der Waals surface area (Å²) in [6.45, 7) is 6.94. The van der Waals surface area contributed by atoms with Gasteiger partial charge in [0.1, 0.15) is 19.1 Å². The maximum atomic E-state index is 12.8. The number of carbonyl (C=O) groups is 1. The Labute approximate surface area is 202 Å². The van der Waals surface area contributed by atoms with Crippen molar-refractivity contribution in [2.75, 3.05) is 40.0 Å². The maximum Gasteiger partial charge on any atom is 0.272 e. The van der Waals surface area contributed by atoms with E-state index in [1.165, 1.54) is 11.8 Å². The van der Waals surface area contributed by atoms with Gasteiger partial charge in [-0.15, -0.1) is 11.8 Å². The molecule has 1 unspecified atom stereocenters. The fraction of sp³-hybridized carbons (Fsp3) is 0.478. The Balaban J connectivity index is 1.95. The van der Waals surface area contributed by atoms with Gasteiger partial charge in [0.05, 0.1) is 24.3 Å². The highest BCUT2D eigenvalue weighted by Gasteiger charge is 2.25. The third-order valence-corrected chi connectivity index (χ3v) is 5.37. The normalized spacial score (nSPS) is 12.2. The quantitative estimate of drug-likeness (QED) is 0.271. The number of hydrogen-bond donors (Lipinski definition) is 1. The van der Waals surface area contributed by atoms with Crippen LogP contribution in [0.3, 0.4) is 0 Å². The topological polar surface area (TPSA) is 78.9 Å². The molecule has 0 saturated heterocycles. The van der Waals surface area contributed by atoms with Crippen LogP contribution in [-0.4, -0.2) is 61.8 Å². The van der Waals surface area contributed by atoms with Crippen LogP contribution in [0.1, 0.15) is 19.4 Å². The second-order valence-corrected chi connectivity index (χ2v) is 9.25. The molecule has 32 heavy (non-hydrogen) atoms. The zero-order valence-corrected chi connectivity index (χ0v) is 21.4. The van der Waals surface area contributed by atoms with Crippen LogP contribution in [0.25, 0.3) is 10.9 Å². The summed E-state index contributed by atoms with van der Waals surface area (Å²) in [5.41, 5.74) is 0.400. The molecule has 1 atom stereocenters. The van der Waals surface area contributed by atoms with Gasteiger partial charge in [-0.05, 0) is 66.7 Å². The largest absolute Gasteiger partial charge is 0.470 e. The molecule has 1 amide bonds. The number of ether oxygens (including phenoxy) is 4. The molecule has 0 radical (unpaired) electrons. The molecule has 174 valence electrons. The van der Waals surface area contributed by atoms with Gasteiger partial charge < -0.3 is 24.3 Å². The number of carbonyl (C=O) groups excluding carboxylic acids is 1. The lowest BCUT2D eigenvalue weighted by molar-refractivity contribution is -0.125. The van der Waals surface area contributed by atoms with E-state index < -0.39 is 11.0 Å². The number of rotatable bonds is 11. The minimum absolute atomic E-state index is 0.143. The smallest absolute Gasteiger partial charge is 0.272 e. The van der Waals surface area contributed by atoms with Crippen molar-refractivity contribution in [2.45, 2.75) is 31.7 Å². The van der Waals surface area contributed by atoms with E-state index in [0.29, 0.717) is 19.0 Å². The zero-order chi connectivity index (χ0) is 23.6. The highest BCUT2D eigenvalue weighted by molar-refractivity contribution is 9.10. The number of nitrogens with one attached hydrogen (secondary N) is 1.